The van der Waals surface area contributed by atoms with E-state index in [2.05, 4.69) is 32.9 Å². The maximum atomic E-state index is 11.9. The minimum atomic E-state index is 0.102. The van der Waals surface area contributed by atoms with Gasteiger partial charge in [0.1, 0.15) is 0 Å². The molecule has 0 saturated carbocycles. The summed E-state index contributed by atoms with van der Waals surface area (Å²) in [6, 6.07) is 0. The summed E-state index contributed by atoms with van der Waals surface area (Å²) in [6.45, 7) is 8.38. The van der Waals surface area contributed by atoms with Crippen molar-refractivity contribution in [2.75, 3.05) is 0 Å². The van der Waals surface area contributed by atoms with Gasteiger partial charge in [0.05, 0.1) is 0 Å². The number of carbonyl (C=O) groups excluding carboxylic acids is 1. The summed E-state index contributed by atoms with van der Waals surface area (Å²) in [5, 5.41) is 0. The first-order valence-corrected chi connectivity index (χ1v) is 5.32. The Kier molecular flexibility index (Phi) is 3.30. The predicted octanol–water partition coefficient (Wildman–Crippen LogP) is 3.37. The van der Waals surface area contributed by atoms with E-state index in [0.29, 0.717) is 5.92 Å². The topological polar surface area (TPSA) is 17.1 Å². The molecule has 1 heteroatoms. The lowest BCUT2D eigenvalue weighted by molar-refractivity contribution is -0.123. The van der Waals surface area contributed by atoms with Gasteiger partial charge < -0.3 is 0 Å². The van der Waals surface area contributed by atoms with Gasteiger partial charge in [0.25, 0.3) is 0 Å². The Labute approximate surface area is 86.9 Å². The first-order chi connectivity index (χ1) is 6.49. The van der Waals surface area contributed by atoms with Crippen LogP contribution in [0.2, 0.25) is 0 Å². The van der Waals surface area contributed by atoms with Gasteiger partial charge in [-0.3, -0.25) is 4.79 Å². The molecule has 1 aliphatic rings. The fourth-order valence-electron chi connectivity index (χ4n) is 2.45. The van der Waals surface area contributed by atoms with Crippen molar-refractivity contribution in [3.8, 4) is 0 Å². The molecule has 0 N–H and O–H groups in total. The Morgan fingerprint density at radius 2 is 2.14 bits per heavy atom. The predicted molar refractivity (Wildman–Crippen MR) is 60.0 cm³/mol. The maximum absolute atomic E-state index is 11.9. The summed E-state index contributed by atoms with van der Waals surface area (Å²) in [5.74, 6) is 0.778. The van der Waals surface area contributed by atoms with Crippen LogP contribution in [-0.4, -0.2) is 5.78 Å². The summed E-state index contributed by atoms with van der Waals surface area (Å²) in [7, 11) is 0. The van der Waals surface area contributed by atoms with E-state index in [4.69, 9.17) is 0 Å². The van der Waals surface area contributed by atoms with Crippen LogP contribution in [0.15, 0.2) is 24.3 Å². The van der Waals surface area contributed by atoms with Crippen molar-refractivity contribution < 1.29 is 4.79 Å². The highest BCUT2D eigenvalue weighted by atomic mass is 16.1. The van der Waals surface area contributed by atoms with E-state index in [1.165, 1.54) is 0 Å². The first kappa shape index (κ1) is 11.2. The molecule has 0 amide bonds. The number of ketones is 1. The van der Waals surface area contributed by atoms with Crippen LogP contribution in [0.1, 0.15) is 34.1 Å². The average Bonchev–Trinajstić information content (AvgIpc) is 2.02. The molecular weight excluding hydrogens is 172 g/mol. The van der Waals surface area contributed by atoms with Gasteiger partial charge in [-0.1, -0.05) is 39.0 Å². The van der Waals surface area contributed by atoms with Crippen molar-refractivity contribution in [2.45, 2.75) is 34.1 Å². The number of hydrogen-bond acceptors (Lipinski definition) is 1. The molecule has 0 saturated heterocycles. The second kappa shape index (κ2) is 4.12. The summed E-state index contributed by atoms with van der Waals surface area (Å²) in [5.41, 5.74) is 0.102. The van der Waals surface area contributed by atoms with Crippen LogP contribution in [0.3, 0.4) is 0 Å². The summed E-state index contributed by atoms with van der Waals surface area (Å²) >= 11 is 0. The molecule has 78 valence electrons. The minimum absolute atomic E-state index is 0.102. The van der Waals surface area contributed by atoms with Gasteiger partial charge in [0, 0.05) is 5.92 Å². The lowest BCUT2D eigenvalue weighted by Gasteiger charge is -2.38. The number of rotatable bonds is 2. The third kappa shape index (κ3) is 2.14. The number of allylic oxidation sites excluding steroid dienone is 4. The van der Waals surface area contributed by atoms with Gasteiger partial charge in [-0.15, -0.1) is 0 Å². The van der Waals surface area contributed by atoms with Crippen molar-refractivity contribution in [1.29, 1.82) is 0 Å². The van der Waals surface area contributed by atoms with Crippen LogP contribution in [-0.2, 0) is 4.79 Å². The van der Waals surface area contributed by atoms with Gasteiger partial charge in [-0.05, 0) is 30.8 Å². The third-order valence-corrected chi connectivity index (χ3v) is 3.09. The highest BCUT2D eigenvalue weighted by Crippen LogP contribution is 2.41. The van der Waals surface area contributed by atoms with Crippen LogP contribution >= 0.6 is 0 Å². The number of carbonyl (C=O) groups is 1. The van der Waals surface area contributed by atoms with E-state index < -0.39 is 0 Å². The smallest absolute Gasteiger partial charge is 0.159 e. The van der Waals surface area contributed by atoms with Crippen LogP contribution in [0.25, 0.3) is 0 Å². The van der Waals surface area contributed by atoms with Crippen molar-refractivity contribution in [1.82, 2.24) is 0 Å². The second-order valence-corrected chi connectivity index (χ2v) is 4.86. The molecular formula is C13H20O. The quantitative estimate of drug-likeness (QED) is 0.484. The van der Waals surface area contributed by atoms with E-state index in [1.807, 2.05) is 13.0 Å². The Bertz CT molecular complexity index is 271. The molecule has 2 atom stereocenters. The molecule has 0 aromatic carbocycles. The van der Waals surface area contributed by atoms with Gasteiger partial charge in [0.15, 0.2) is 5.78 Å². The fraction of sp³-hybridized carbons (Fsp3) is 0.615. The monoisotopic (exact) mass is 192 g/mol. The minimum Gasteiger partial charge on any atom is -0.295 e. The fourth-order valence-corrected chi connectivity index (χ4v) is 2.45. The maximum Gasteiger partial charge on any atom is 0.159 e. The Morgan fingerprint density at radius 3 is 2.64 bits per heavy atom. The van der Waals surface area contributed by atoms with E-state index >= 15 is 0 Å². The molecule has 1 aliphatic carbocycles. The Balaban J connectivity index is 2.93. The molecule has 0 fully saturated rings. The third-order valence-electron chi connectivity index (χ3n) is 3.09. The second-order valence-electron chi connectivity index (χ2n) is 4.86. The van der Waals surface area contributed by atoms with Crippen molar-refractivity contribution >= 4 is 5.78 Å². The molecule has 0 spiro atoms. The van der Waals surface area contributed by atoms with Crippen LogP contribution in [0, 0.1) is 17.3 Å². The molecule has 0 aliphatic heterocycles. The van der Waals surface area contributed by atoms with E-state index in [9.17, 15) is 4.79 Å². The standard InChI is InChI=1S/C13H20O/c1-5-7-11(14)12-10(2)8-6-9-13(12,3)4/h5-8,10,12H,9H2,1-4H3/b7-5-/t10-,12-/m0/s1. The van der Waals surface area contributed by atoms with Gasteiger partial charge in [-0.2, -0.15) is 0 Å². The zero-order valence-electron chi connectivity index (χ0n) is 9.58. The molecule has 0 heterocycles. The van der Waals surface area contributed by atoms with Crippen LogP contribution in [0.4, 0.5) is 0 Å². The van der Waals surface area contributed by atoms with E-state index in [1.54, 1.807) is 6.08 Å². The van der Waals surface area contributed by atoms with Gasteiger partial charge in [0.2, 0.25) is 0 Å². The zero-order valence-corrected chi connectivity index (χ0v) is 9.58. The summed E-state index contributed by atoms with van der Waals surface area (Å²) in [6.07, 6.45) is 8.91. The molecule has 1 nitrogen and oxygen atoms in total. The highest BCUT2D eigenvalue weighted by Gasteiger charge is 2.38. The molecule has 0 unspecified atom stereocenters. The summed E-state index contributed by atoms with van der Waals surface area (Å²) in [4.78, 5) is 11.9. The first-order valence-electron chi connectivity index (χ1n) is 5.32. The zero-order chi connectivity index (χ0) is 10.8. The van der Waals surface area contributed by atoms with Crippen LogP contribution in [0.5, 0.6) is 0 Å². The van der Waals surface area contributed by atoms with Crippen molar-refractivity contribution in [3.05, 3.63) is 24.3 Å². The molecule has 0 radical (unpaired) electrons. The highest BCUT2D eigenvalue weighted by molar-refractivity contribution is 5.92. The van der Waals surface area contributed by atoms with Gasteiger partial charge in [-0.25, -0.2) is 0 Å². The largest absolute Gasteiger partial charge is 0.295 e. The number of hydrogen-bond donors (Lipinski definition) is 0. The van der Waals surface area contributed by atoms with Crippen molar-refractivity contribution in [3.63, 3.8) is 0 Å². The normalized spacial score (nSPS) is 30.9. The Hall–Kier alpha value is -0.850. The molecule has 1 rings (SSSR count). The van der Waals surface area contributed by atoms with E-state index in [0.717, 1.165) is 6.42 Å². The molecule has 0 aromatic heterocycles. The van der Waals surface area contributed by atoms with Crippen molar-refractivity contribution in [2.24, 2.45) is 17.3 Å². The lowest BCUT2D eigenvalue weighted by atomic mass is 9.65. The average molecular weight is 192 g/mol. The SMILES string of the molecule is C/C=C\C(=O)[C@@H]1[C@@H](C)C=CCC1(C)C. The molecule has 0 aromatic rings. The Morgan fingerprint density at radius 1 is 1.50 bits per heavy atom. The molecule has 0 bridgehead atoms. The summed E-state index contributed by atoms with van der Waals surface area (Å²) < 4.78 is 0. The van der Waals surface area contributed by atoms with Crippen LogP contribution < -0.4 is 0 Å². The van der Waals surface area contributed by atoms with Gasteiger partial charge >= 0.3 is 0 Å². The lowest BCUT2D eigenvalue weighted by Crippen LogP contribution is -2.36. The van der Waals surface area contributed by atoms with E-state index in [-0.39, 0.29) is 17.1 Å². The molecule has 14 heavy (non-hydrogen) atoms.